The van der Waals surface area contributed by atoms with Gasteiger partial charge < -0.3 is 5.32 Å². The van der Waals surface area contributed by atoms with Crippen molar-refractivity contribution >= 4 is 46.6 Å². The molecule has 0 fully saturated rings. The number of carbonyl (C=O) groups is 1. The number of carbonyl (C=O) groups excluding carboxylic acids is 1. The highest BCUT2D eigenvalue weighted by molar-refractivity contribution is 7.98. The molecule has 0 spiro atoms. The minimum Gasteiger partial charge on any atom is -0.323 e. The third-order valence-corrected chi connectivity index (χ3v) is 5.07. The number of benzene rings is 1. The van der Waals surface area contributed by atoms with Crippen LogP contribution >= 0.6 is 35.0 Å². The van der Waals surface area contributed by atoms with Crippen LogP contribution < -0.4 is 10.9 Å². The van der Waals surface area contributed by atoms with Crippen molar-refractivity contribution in [1.29, 1.82) is 0 Å². The van der Waals surface area contributed by atoms with Gasteiger partial charge in [0.25, 0.3) is 5.56 Å². The van der Waals surface area contributed by atoms with Crippen LogP contribution in [0.15, 0.2) is 28.2 Å². The number of thioether (sulfide) groups is 1. The number of anilines is 1. The zero-order chi connectivity index (χ0) is 17.3. The van der Waals surface area contributed by atoms with Crippen molar-refractivity contribution in [3.63, 3.8) is 0 Å². The van der Waals surface area contributed by atoms with Crippen LogP contribution in [0.3, 0.4) is 0 Å². The van der Waals surface area contributed by atoms with E-state index in [0.717, 1.165) is 30.5 Å². The SMILES string of the molecule is CSc1nc2c(c(=O)n1CC(=O)Nc1ccc(Cl)cc1Cl)CCC2. The van der Waals surface area contributed by atoms with Gasteiger partial charge in [0.2, 0.25) is 5.91 Å². The quantitative estimate of drug-likeness (QED) is 0.648. The Kier molecular flexibility index (Phi) is 5.18. The fraction of sp³-hybridized carbons (Fsp3) is 0.312. The van der Waals surface area contributed by atoms with E-state index >= 15 is 0 Å². The molecule has 1 amide bonds. The highest BCUT2D eigenvalue weighted by Gasteiger charge is 2.21. The topological polar surface area (TPSA) is 64.0 Å². The maximum Gasteiger partial charge on any atom is 0.258 e. The highest BCUT2D eigenvalue weighted by atomic mass is 35.5. The van der Waals surface area contributed by atoms with Crippen LogP contribution in [0, 0.1) is 0 Å². The van der Waals surface area contributed by atoms with Crippen LogP contribution in [0.25, 0.3) is 0 Å². The summed E-state index contributed by atoms with van der Waals surface area (Å²) in [5, 5.41) is 4.09. The molecule has 1 aromatic heterocycles. The van der Waals surface area contributed by atoms with Gasteiger partial charge in [0.05, 0.1) is 16.4 Å². The first-order valence-electron chi connectivity index (χ1n) is 7.41. The van der Waals surface area contributed by atoms with Crippen LogP contribution in [-0.2, 0) is 24.2 Å². The second-order valence-electron chi connectivity index (χ2n) is 5.44. The van der Waals surface area contributed by atoms with Gasteiger partial charge in [0, 0.05) is 10.6 Å². The van der Waals surface area contributed by atoms with Gasteiger partial charge in [0.1, 0.15) is 6.54 Å². The van der Waals surface area contributed by atoms with E-state index in [0.29, 0.717) is 20.9 Å². The molecule has 1 heterocycles. The van der Waals surface area contributed by atoms with E-state index in [2.05, 4.69) is 10.3 Å². The average molecular weight is 384 g/mol. The Hall–Kier alpha value is -1.50. The van der Waals surface area contributed by atoms with Gasteiger partial charge in [-0.1, -0.05) is 35.0 Å². The molecule has 0 saturated heterocycles. The number of halogens is 2. The fourth-order valence-corrected chi connectivity index (χ4v) is 3.75. The number of nitrogens with zero attached hydrogens (tertiary/aromatic N) is 2. The molecule has 0 atom stereocenters. The van der Waals surface area contributed by atoms with E-state index in [-0.39, 0.29) is 18.0 Å². The Morgan fingerprint density at radius 2 is 2.17 bits per heavy atom. The number of aromatic nitrogens is 2. The number of nitrogens with one attached hydrogen (secondary N) is 1. The molecule has 0 unspecified atom stereocenters. The molecule has 126 valence electrons. The minimum atomic E-state index is -0.337. The molecule has 1 aromatic carbocycles. The van der Waals surface area contributed by atoms with E-state index < -0.39 is 0 Å². The van der Waals surface area contributed by atoms with Gasteiger partial charge in [0.15, 0.2) is 5.16 Å². The second-order valence-corrected chi connectivity index (χ2v) is 7.06. The van der Waals surface area contributed by atoms with E-state index in [1.165, 1.54) is 16.3 Å². The summed E-state index contributed by atoms with van der Waals surface area (Å²) in [6.45, 7) is -0.103. The molecule has 8 heteroatoms. The smallest absolute Gasteiger partial charge is 0.258 e. The number of hydrogen-bond acceptors (Lipinski definition) is 4. The van der Waals surface area contributed by atoms with Gasteiger partial charge in [-0.2, -0.15) is 0 Å². The first-order chi connectivity index (χ1) is 11.5. The summed E-state index contributed by atoms with van der Waals surface area (Å²) in [7, 11) is 0. The number of fused-ring (bicyclic) bond motifs is 1. The van der Waals surface area contributed by atoms with Crippen molar-refractivity contribution in [2.75, 3.05) is 11.6 Å². The van der Waals surface area contributed by atoms with Gasteiger partial charge in [-0.15, -0.1) is 0 Å². The summed E-state index contributed by atoms with van der Waals surface area (Å²) in [6, 6.07) is 4.82. The lowest BCUT2D eigenvalue weighted by Crippen LogP contribution is -2.32. The van der Waals surface area contributed by atoms with Crippen LogP contribution in [0.4, 0.5) is 5.69 Å². The Morgan fingerprint density at radius 1 is 1.38 bits per heavy atom. The standard InChI is InChI=1S/C16H15Cl2N3O2S/c1-24-16-20-12-4-2-3-10(12)15(23)21(16)8-14(22)19-13-6-5-9(17)7-11(13)18/h5-7H,2-4,8H2,1H3,(H,19,22). The van der Waals surface area contributed by atoms with Crippen molar-refractivity contribution in [2.45, 2.75) is 31.0 Å². The predicted molar refractivity (Wildman–Crippen MR) is 97.4 cm³/mol. The largest absolute Gasteiger partial charge is 0.323 e. The molecule has 5 nitrogen and oxygen atoms in total. The summed E-state index contributed by atoms with van der Waals surface area (Å²) in [4.78, 5) is 29.5. The highest BCUT2D eigenvalue weighted by Crippen LogP contribution is 2.25. The van der Waals surface area contributed by atoms with Crippen LogP contribution in [-0.4, -0.2) is 21.7 Å². The maximum absolute atomic E-state index is 12.6. The molecule has 0 saturated carbocycles. The summed E-state index contributed by atoms with van der Waals surface area (Å²) >= 11 is 13.3. The molecule has 1 aliphatic rings. The Balaban J connectivity index is 1.85. The maximum atomic E-state index is 12.6. The van der Waals surface area contributed by atoms with Gasteiger partial charge in [-0.05, 0) is 43.7 Å². The number of hydrogen-bond donors (Lipinski definition) is 1. The number of rotatable bonds is 4. The minimum absolute atomic E-state index is 0.103. The van der Waals surface area contributed by atoms with Gasteiger partial charge >= 0.3 is 0 Å². The summed E-state index contributed by atoms with van der Waals surface area (Å²) in [6.07, 6.45) is 4.32. The monoisotopic (exact) mass is 383 g/mol. The molecular weight excluding hydrogens is 369 g/mol. The number of aryl methyl sites for hydroxylation is 1. The fourth-order valence-electron chi connectivity index (χ4n) is 2.73. The molecule has 0 aliphatic heterocycles. The molecule has 1 N–H and O–H groups in total. The van der Waals surface area contributed by atoms with Crippen molar-refractivity contribution in [1.82, 2.24) is 9.55 Å². The lowest BCUT2D eigenvalue weighted by Gasteiger charge is -2.13. The lowest BCUT2D eigenvalue weighted by molar-refractivity contribution is -0.116. The van der Waals surface area contributed by atoms with Crippen molar-refractivity contribution in [3.8, 4) is 0 Å². The molecule has 0 radical (unpaired) electrons. The van der Waals surface area contributed by atoms with Crippen LogP contribution in [0.5, 0.6) is 0 Å². The van der Waals surface area contributed by atoms with Crippen molar-refractivity contribution < 1.29 is 4.79 Å². The molecular formula is C16H15Cl2N3O2S. The number of amides is 1. The Labute approximate surface area is 153 Å². The van der Waals surface area contributed by atoms with Crippen LogP contribution in [0.2, 0.25) is 10.0 Å². The molecule has 2 aromatic rings. The van der Waals surface area contributed by atoms with E-state index in [4.69, 9.17) is 23.2 Å². The summed E-state index contributed by atoms with van der Waals surface area (Å²) in [5.41, 5.74) is 1.92. The van der Waals surface area contributed by atoms with Crippen molar-refractivity contribution in [3.05, 3.63) is 49.9 Å². The molecule has 24 heavy (non-hydrogen) atoms. The van der Waals surface area contributed by atoms with E-state index in [1.807, 2.05) is 6.26 Å². The van der Waals surface area contributed by atoms with Gasteiger partial charge in [-0.3, -0.25) is 14.2 Å². The molecule has 3 rings (SSSR count). The van der Waals surface area contributed by atoms with Crippen molar-refractivity contribution in [2.24, 2.45) is 0 Å². The van der Waals surface area contributed by atoms with E-state index in [9.17, 15) is 9.59 Å². The predicted octanol–water partition coefficient (Wildman–Crippen LogP) is 3.40. The third-order valence-electron chi connectivity index (χ3n) is 3.84. The first-order valence-corrected chi connectivity index (χ1v) is 9.39. The van der Waals surface area contributed by atoms with Gasteiger partial charge in [-0.25, -0.2) is 4.98 Å². The first kappa shape index (κ1) is 17.3. The van der Waals surface area contributed by atoms with Crippen LogP contribution in [0.1, 0.15) is 17.7 Å². The Bertz CT molecular complexity index is 867. The zero-order valence-electron chi connectivity index (χ0n) is 12.9. The molecule has 1 aliphatic carbocycles. The summed E-state index contributed by atoms with van der Waals surface area (Å²) in [5.74, 6) is -0.337. The Morgan fingerprint density at radius 3 is 2.88 bits per heavy atom. The van der Waals surface area contributed by atoms with E-state index in [1.54, 1.807) is 18.2 Å². The molecule has 0 bridgehead atoms. The zero-order valence-corrected chi connectivity index (χ0v) is 15.3. The summed E-state index contributed by atoms with van der Waals surface area (Å²) < 4.78 is 1.42. The lowest BCUT2D eigenvalue weighted by atomic mass is 10.2. The normalized spacial score (nSPS) is 13.0. The third kappa shape index (κ3) is 3.45. The second kappa shape index (κ2) is 7.17. The average Bonchev–Trinajstić information content (AvgIpc) is 3.01.